The summed E-state index contributed by atoms with van der Waals surface area (Å²) in [4.78, 5) is 24.4. The van der Waals surface area contributed by atoms with Crippen LogP contribution >= 0.6 is 0 Å². The van der Waals surface area contributed by atoms with E-state index in [4.69, 9.17) is 9.84 Å². The number of carbonyl (C=O) groups is 2. The number of rotatable bonds is 1. The molecular formula is C12H21NO4. The fourth-order valence-electron chi connectivity index (χ4n) is 2.05. The van der Waals surface area contributed by atoms with Gasteiger partial charge in [-0.15, -0.1) is 0 Å². The second kappa shape index (κ2) is 4.55. The van der Waals surface area contributed by atoms with Gasteiger partial charge in [0.05, 0.1) is 0 Å². The van der Waals surface area contributed by atoms with E-state index >= 15 is 0 Å². The molecule has 1 amide bonds. The summed E-state index contributed by atoms with van der Waals surface area (Å²) in [6, 6.07) is -0.874. The quantitative estimate of drug-likeness (QED) is 0.766. The summed E-state index contributed by atoms with van der Waals surface area (Å²) < 4.78 is 5.24. The minimum Gasteiger partial charge on any atom is -0.480 e. The molecule has 1 fully saturated rings. The molecule has 17 heavy (non-hydrogen) atoms. The molecule has 0 aromatic heterocycles. The van der Waals surface area contributed by atoms with Gasteiger partial charge in [0.25, 0.3) is 0 Å². The van der Waals surface area contributed by atoms with E-state index in [2.05, 4.69) is 0 Å². The minimum atomic E-state index is -0.966. The molecule has 0 spiro atoms. The van der Waals surface area contributed by atoms with Crippen LogP contribution in [0, 0.1) is 5.92 Å². The minimum absolute atomic E-state index is 0.106. The van der Waals surface area contributed by atoms with E-state index in [0.29, 0.717) is 6.42 Å². The number of nitrogens with zero attached hydrogens (tertiary/aromatic N) is 1. The van der Waals surface area contributed by atoms with E-state index in [-0.39, 0.29) is 12.0 Å². The summed E-state index contributed by atoms with van der Waals surface area (Å²) >= 11 is 0. The number of carboxylic acid groups (broad SMARTS) is 1. The van der Waals surface area contributed by atoms with Gasteiger partial charge in [-0.05, 0) is 40.0 Å². The Kier molecular flexibility index (Phi) is 3.69. The third-order valence-electron chi connectivity index (χ3n) is 3.08. The number of likely N-dealkylation sites (tertiary alicyclic amines) is 1. The third kappa shape index (κ3) is 3.11. The highest BCUT2D eigenvalue weighted by Crippen LogP contribution is 2.31. The van der Waals surface area contributed by atoms with Gasteiger partial charge in [-0.25, -0.2) is 9.59 Å². The lowest BCUT2D eigenvalue weighted by Crippen LogP contribution is -2.46. The largest absolute Gasteiger partial charge is 0.480 e. The number of ether oxygens (including phenoxy) is 1. The fourth-order valence-corrected chi connectivity index (χ4v) is 2.05. The average molecular weight is 243 g/mol. The molecule has 3 unspecified atom stereocenters. The molecule has 98 valence electrons. The summed E-state index contributed by atoms with van der Waals surface area (Å²) in [5, 5.41) is 9.12. The van der Waals surface area contributed by atoms with Crippen molar-refractivity contribution in [1.82, 2.24) is 4.90 Å². The number of aliphatic carboxylic acids is 1. The Morgan fingerprint density at radius 2 is 1.82 bits per heavy atom. The highest BCUT2D eigenvalue weighted by molar-refractivity contribution is 5.81. The second-order valence-electron chi connectivity index (χ2n) is 5.70. The Labute approximate surface area is 102 Å². The summed E-state index contributed by atoms with van der Waals surface area (Å²) in [5.41, 5.74) is -0.605. The second-order valence-corrected chi connectivity index (χ2v) is 5.70. The number of amides is 1. The van der Waals surface area contributed by atoms with E-state index in [0.717, 1.165) is 0 Å². The normalized spacial score (nSPS) is 29.2. The SMILES string of the molecule is CC1CC(C(=O)O)N(C(=O)OC(C)(C)C)C1C. The Hall–Kier alpha value is -1.26. The van der Waals surface area contributed by atoms with Crippen molar-refractivity contribution >= 4 is 12.1 Å². The maximum atomic E-state index is 12.0. The van der Waals surface area contributed by atoms with Gasteiger partial charge in [0.1, 0.15) is 11.6 Å². The van der Waals surface area contributed by atoms with E-state index in [9.17, 15) is 9.59 Å². The van der Waals surface area contributed by atoms with Crippen LogP contribution in [0.15, 0.2) is 0 Å². The molecular weight excluding hydrogens is 222 g/mol. The zero-order valence-electron chi connectivity index (χ0n) is 11.1. The van der Waals surface area contributed by atoms with Crippen molar-refractivity contribution < 1.29 is 19.4 Å². The molecule has 1 N–H and O–H groups in total. The molecule has 5 nitrogen and oxygen atoms in total. The van der Waals surface area contributed by atoms with Crippen LogP contribution in [0.5, 0.6) is 0 Å². The van der Waals surface area contributed by atoms with Gasteiger partial charge < -0.3 is 9.84 Å². The molecule has 0 saturated carbocycles. The highest BCUT2D eigenvalue weighted by atomic mass is 16.6. The van der Waals surface area contributed by atoms with Crippen molar-refractivity contribution in [1.29, 1.82) is 0 Å². The first kappa shape index (κ1) is 13.8. The zero-order chi connectivity index (χ0) is 13.4. The predicted octanol–water partition coefficient (Wildman–Crippen LogP) is 2.10. The van der Waals surface area contributed by atoms with Gasteiger partial charge >= 0.3 is 12.1 Å². The monoisotopic (exact) mass is 243 g/mol. The van der Waals surface area contributed by atoms with Crippen LogP contribution < -0.4 is 0 Å². The number of carboxylic acids is 1. The van der Waals surface area contributed by atoms with Crippen molar-refractivity contribution in [2.75, 3.05) is 0 Å². The first-order chi connectivity index (χ1) is 7.63. The molecule has 1 aliphatic rings. The summed E-state index contributed by atoms with van der Waals surface area (Å²) in [6.07, 6.45) is -0.0582. The molecule has 1 heterocycles. The Balaban J connectivity index is 2.85. The van der Waals surface area contributed by atoms with Gasteiger partial charge in [0.15, 0.2) is 0 Å². The van der Waals surface area contributed by atoms with Crippen LogP contribution in [0.3, 0.4) is 0 Å². The van der Waals surface area contributed by atoms with Crippen molar-refractivity contribution in [2.24, 2.45) is 5.92 Å². The molecule has 1 rings (SSSR count). The Morgan fingerprint density at radius 3 is 2.24 bits per heavy atom. The lowest BCUT2D eigenvalue weighted by Gasteiger charge is -2.30. The number of hydrogen-bond acceptors (Lipinski definition) is 3. The highest BCUT2D eigenvalue weighted by Gasteiger charge is 2.44. The molecule has 1 saturated heterocycles. The van der Waals surface area contributed by atoms with Gasteiger partial charge in [0, 0.05) is 6.04 Å². The van der Waals surface area contributed by atoms with Crippen molar-refractivity contribution in [2.45, 2.75) is 58.7 Å². The van der Waals surface area contributed by atoms with Crippen LogP contribution in [-0.4, -0.2) is 39.8 Å². The van der Waals surface area contributed by atoms with Crippen molar-refractivity contribution in [3.05, 3.63) is 0 Å². The molecule has 0 radical (unpaired) electrons. The maximum absolute atomic E-state index is 12.0. The van der Waals surface area contributed by atoms with Crippen LogP contribution in [0.2, 0.25) is 0 Å². The van der Waals surface area contributed by atoms with Crippen molar-refractivity contribution in [3.8, 4) is 0 Å². The topological polar surface area (TPSA) is 66.8 Å². The Bertz CT molecular complexity index is 321. The number of hydrogen-bond donors (Lipinski definition) is 1. The van der Waals surface area contributed by atoms with Crippen LogP contribution in [0.25, 0.3) is 0 Å². The average Bonchev–Trinajstić information content (AvgIpc) is 2.40. The smallest absolute Gasteiger partial charge is 0.411 e. The van der Waals surface area contributed by atoms with Crippen LogP contribution in [-0.2, 0) is 9.53 Å². The van der Waals surface area contributed by atoms with E-state index in [1.54, 1.807) is 20.8 Å². The lowest BCUT2D eigenvalue weighted by molar-refractivity contribution is -0.142. The predicted molar refractivity (Wildman–Crippen MR) is 62.7 cm³/mol. The van der Waals surface area contributed by atoms with Gasteiger partial charge in [-0.3, -0.25) is 4.90 Å². The first-order valence-electron chi connectivity index (χ1n) is 5.87. The van der Waals surface area contributed by atoms with E-state index in [1.807, 2.05) is 13.8 Å². The maximum Gasteiger partial charge on any atom is 0.411 e. The molecule has 0 aromatic rings. The van der Waals surface area contributed by atoms with Gasteiger partial charge in [0.2, 0.25) is 0 Å². The number of carbonyl (C=O) groups excluding carboxylic acids is 1. The molecule has 0 aliphatic carbocycles. The van der Waals surface area contributed by atoms with E-state index in [1.165, 1.54) is 4.90 Å². The molecule has 1 aliphatic heterocycles. The fraction of sp³-hybridized carbons (Fsp3) is 0.833. The first-order valence-corrected chi connectivity index (χ1v) is 5.87. The van der Waals surface area contributed by atoms with Crippen LogP contribution in [0.1, 0.15) is 41.0 Å². The van der Waals surface area contributed by atoms with Gasteiger partial charge in [-0.2, -0.15) is 0 Å². The summed E-state index contributed by atoms with van der Waals surface area (Å²) in [7, 11) is 0. The van der Waals surface area contributed by atoms with Gasteiger partial charge in [-0.1, -0.05) is 6.92 Å². The third-order valence-corrected chi connectivity index (χ3v) is 3.08. The van der Waals surface area contributed by atoms with Crippen LogP contribution in [0.4, 0.5) is 4.79 Å². The molecule has 0 bridgehead atoms. The summed E-state index contributed by atoms with van der Waals surface area (Å²) in [6.45, 7) is 9.11. The van der Waals surface area contributed by atoms with Crippen molar-refractivity contribution in [3.63, 3.8) is 0 Å². The molecule has 3 atom stereocenters. The Morgan fingerprint density at radius 1 is 1.29 bits per heavy atom. The molecule has 5 heteroatoms. The lowest BCUT2D eigenvalue weighted by atomic mass is 10.0. The molecule has 0 aromatic carbocycles. The standard InChI is InChI=1S/C12H21NO4/c1-7-6-9(10(14)15)13(8(7)2)11(16)17-12(3,4)5/h7-9H,6H2,1-5H3,(H,14,15). The van der Waals surface area contributed by atoms with E-state index < -0.39 is 23.7 Å². The zero-order valence-corrected chi connectivity index (χ0v) is 11.1. The summed E-state index contributed by atoms with van der Waals surface area (Å²) in [5.74, 6) is -0.796.